The van der Waals surface area contributed by atoms with Gasteiger partial charge in [0, 0.05) is 18.7 Å². The van der Waals surface area contributed by atoms with Gasteiger partial charge >= 0.3 is 0 Å². The summed E-state index contributed by atoms with van der Waals surface area (Å²) in [5.41, 5.74) is 18.2. The van der Waals surface area contributed by atoms with E-state index in [0.717, 1.165) is 39.7 Å². The molecule has 0 heterocycles. The summed E-state index contributed by atoms with van der Waals surface area (Å²) in [6, 6.07) is 21.9. The van der Waals surface area contributed by atoms with E-state index in [1.54, 1.807) is 0 Å². The molecule has 0 saturated carbocycles. The van der Waals surface area contributed by atoms with Gasteiger partial charge in [-0.25, -0.2) is 0 Å². The van der Waals surface area contributed by atoms with E-state index in [1.165, 1.54) is 0 Å². The highest BCUT2D eigenvalue weighted by atomic mass is 16.1. The Hall–Kier alpha value is -2.79. The zero-order valence-corrected chi connectivity index (χ0v) is 14.1. The number of rotatable bonds is 5. The van der Waals surface area contributed by atoms with Gasteiger partial charge in [0.1, 0.15) is 0 Å². The molecule has 0 fully saturated rings. The van der Waals surface area contributed by atoms with Gasteiger partial charge in [-0.3, -0.25) is 4.79 Å². The second-order valence-corrected chi connectivity index (χ2v) is 5.69. The summed E-state index contributed by atoms with van der Waals surface area (Å²) in [7, 11) is 0. The van der Waals surface area contributed by atoms with Crippen LogP contribution in [0.2, 0.25) is 0 Å². The van der Waals surface area contributed by atoms with E-state index >= 15 is 0 Å². The average molecular weight is 333 g/mol. The van der Waals surface area contributed by atoms with Crippen LogP contribution in [0.25, 0.3) is 22.3 Å². The Balaban J connectivity index is 0.00000225. The topological polar surface area (TPSA) is 104 Å². The lowest BCUT2D eigenvalue weighted by atomic mass is 9.90. The Morgan fingerprint density at radius 1 is 0.720 bits per heavy atom. The van der Waals surface area contributed by atoms with E-state index in [2.05, 4.69) is 0 Å². The number of hydrogen-bond donors (Lipinski definition) is 3. The third-order valence-electron chi connectivity index (χ3n) is 4.20. The Morgan fingerprint density at radius 2 is 1.24 bits per heavy atom. The predicted molar refractivity (Wildman–Crippen MR) is 104 cm³/mol. The van der Waals surface area contributed by atoms with Crippen LogP contribution in [0.3, 0.4) is 0 Å². The normalized spacial score (nSPS) is 10.2. The van der Waals surface area contributed by atoms with Crippen LogP contribution in [0.1, 0.15) is 21.5 Å². The summed E-state index contributed by atoms with van der Waals surface area (Å²) in [5, 5.41) is 0. The smallest absolute Gasteiger partial charge is 0.150 e. The first-order chi connectivity index (χ1) is 11.8. The standard InChI is InChI=1S/C21H20N2O.H3N/c22-12-15-4-8-17(9-5-15)20-3-1-2-19(14-24)21(20)18-10-6-16(13-23)7-11-18;/h1-11,14H,12-13,22-23H2;1H3. The van der Waals surface area contributed by atoms with Crippen LogP contribution in [0, 0.1) is 0 Å². The lowest BCUT2D eigenvalue weighted by molar-refractivity contribution is 0.112. The molecule has 0 saturated heterocycles. The van der Waals surface area contributed by atoms with Crippen molar-refractivity contribution in [2.45, 2.75) is 13.1 Å². The number of aldehydes is 1. The van der Waals surface area contributed by atoms with Crippen molar-refractivity contribution in [3.63, 3.8) is 0 Å². The van der Waals surface area contributed by atoms with E-state index in [0.29, 0.717) is 18.7 Å². The summed E-state index contributed by atoms with van der Waals surface area (Å²) >= 11 is 0. The van der Waals surface area contributed by atoms with Gasteiger partial charge in [-0.2, -0.15) is 0 Å². The van der Waals surface area contributed by atoms with Crippen LogP contribution in [-0.4, -0.2) is 6.29 Å². The molecule has 4 heteroatoms. The molecule has 0 atom stereocenters. The molecule has 4 nitrogen and oxygen atoms in total. The van der Waals surface area contributed by atoms with E-state index in [-0.39, 0.29) is 6.15 Å². The van der Waals surface area contributed by atoms with Gasteiger partial charge in [0.2, 0.25) is 0 Å². The maximum Gasteiger partial charge on any atom is 0.150 e. The molecule has 0 aliphatic heterocycles. The molecular weight excluding hydrogens is 310 g/mol. The third-order valence-corrected chi connectivity index (χ3v) is 4.20. The fraction of sp³-hybridized carbons (Fsp3) is 0.0952. The van der Waals surface area contributed by atoms with Gasteiger partial charge in [-0.15, -0.1) is 0 Å². The van der Waals surface area contributed by atoms with Crippen molar-refractivity contribution in [1.29, 1.82) is 0 Å². The van der Waals surface area contributed by atoms with Gasteiger partial charge in [-0.05, 0) is 33.4 Å². The largest absolute Gasteiger partial charge is 0.344 e. The van der Waals surface area contributed by atoms with Gasteiger partial charge in [-0.1, -0.05) is 66.7 Å². The summed E-state index contributed by atoms with van der Waals surface area (Å²) in [6.45, 7) is 1.02. The SMILES string of the molecule is N.NCc1ccc(-c2cccc(C=O)c2-c2ccc(CN)cc2)cc1. The monoisotopic (exact) mass is 333 g/mol. The lowest BCUT2D eigenvalue weighted by Crippen LogP contribution is -1.97. The summed E-state index contributed by atoms with van der Waals surface area (Å²) in [4.78, 5) is 11.6. The van der Waals surface area contributed by atoms with Crippen molar-refractivity contribution in [3.8, 4) is 22.3 Å². The molecule has 3 rings (SSSR count). The number of nitrogens with two attached hydrogens (primary N) is 2. The average Bonchev–Trinajstić information content (AvgIpc) is 2.67. The fourth-order valence-corrected chi connectivity index (χ4v) is 2.86. The van der Waals surface area contributed by atoms with Crippen molar-refractivity contribution in [1.82, 2.24) is 6.15 Å². The molecular formula is C21H23N3O. The highest BCUT2D eigenvalue weighted by Crippen LogP contribution is 2.34. The van der Waals surface area contributed by atoms with Crippen LogP contribution in [0.4, 0.5) is 0 Å². The van der Waals surface area contributed by atoms with Crippen LogP contribution >= 0.6 is 0 Å². The molecule has 3 aromatic carbocycles. The molecule has 128 valence electrons. The highest BCUT2D eigenvalue weighted by Gasteiger charge is 2.12. The fourth-order valence-electron chi connectivity index (χ4n) is 2.86. The van der Waals surface area contributed by atoms with Crippen molar-refractivity contribution in [3.05, 3.63) is 83.4 Å². The quantitative estimate of drug-likeness (QED) is 0.616. The van der Waals surface area contributed by atoms with E-state index < -0.39 is 0 Å². The van der Waals surface area contributed by atoms with Crippen molar-refractivity contribution in [2.24, 2.45) is 11.5 Å². The van der Waals surface area contributed by atoms with Gasteiger partial charge in [0.25, 0.3) is 0 Å². The van der Waals surface area contributed by atoms with Crippen LogP contribution in [0.5, 0.6) is 0 Å². The Bertz CT molecular complexity index is 840. The summed E-state index contributed by atoms with van der Waals surface area (Å²) < 4.78 is 0. The number of benzene rings is 3. The van der Waals surface area contributed by atoms with Crippen LogP contribution in [-0.2, 0) is 13.1 Å². The van der Waals surface area contributed by atoms with E-state index in [9.17, 15) is 4.79 Å². The van der Waals surface area contributed by atoms with Gasteiger partial charge < -0.3 is 17.6 Å². The lowest BCUT2D eigenvalue weighted by Gasteiger charge is -2.13. The maximum absolute atomic E-state index is 11.6. The minimum Gasteiger partial charge on any atom is -0.344 e. The van der Waals surface area contributed by atoms with Crippen molar-refractivity contribution >= 4 is 6.29 Å². The molecule has 0 unspecified atom stereocenters. The highest BCUT2D eigenvalue weighted by molar-refractivity contribution is 5.95. The molecule has 25 heavy (non-hydrogen) atoms. The third kappa shape index (κ3) is 3.83. The Kier molecular flexibility index (Phi) is 6.19. The van der Waals surface area contributed by atoms with Crippen molar-refractivity contribution < 1.29 is 4.79 Å². The number of carbonyl (C=O) groups excluding carboxylic acids is 1. The summed E-state index contributed by atoms with van der Waals surface area (Å²) in [6.07, 6.45) is 0.907. The molecule has 0 aromatic heterocycles. The molecule has 0 amide bonds. The second-order valence-electron chi connectivity index (χ2n) is 5.69. The predicted octanol–water partition coefficient (Wildman–Crippen LogP) is 3.91. The van der Waals surface area contributed by atoms with E-state index in [1.807, 2.05) is 66.7 Å². The van der Waals surface area contributed by atoms with Gasteiger partial charge in [0.05, 0.1) is 0 Å². The van der Waals surface area contributed by atoms with Crippen molar-refractivity contribution in [2.75, 3.05) is 0 Å². The zero-order valence-electron chi connectivity index (χ0n) is 14.1. The Morgan fingerprint density at radius 3 is 1.72 bits per heavy atom. The minimum atomic E-state index is 0. The Labute approximate surface area is 148 Å². The molecule has 0 bridgehead atoms. The van der Waals surface area contributed by atoms with E-state index in [4.69, 9.17) is 11.5 Å². The van der Waals surface area contributed by atoms with Crippen LogP contribution < -0.4 is 17.6 Å². The maximum atomic E-state index is 11.6. The first kappa shape index (κ1) is 18.5. The molecule has 0 radical (unpaired) electrons. The number of carbonyl (C=O) groups is 1. The second kappa shape index (κ2) is 8.35. The van der Waals surface area contributed by atoms with Gasteiger partial charge in [0.15, 0.2) is 6.29 Å². The molecule has 7 N–H and O–H groups in total. The zero-order chi connectivity index (χ0) is 16.9. The van der Waals surface area contributed by atoms with Crippen LogP contribution in [0.15, 0.2) is 66.7 Å². The first-order valence-electron chi connectivity index (χ1n) is 7.93. The minimum absolute atomic E-state index is 0. The molecule has 0 aliphatic carbocycles. The molecule has 3 aromatic rings. The molecule has 0 spiro atoms. The number of hydrogen-bond acceptors (Lipinski definition) is 4. The first-order valence-corrected chi connectivity index (χ1v) is 7.93. The summed E-state index contributed by atoms with van der Waals surface area (Å²) in [5.74, 6) is 0. The molecule has 0 aliphatic rings.